The van der Waals surface area contributed by atoms with Gasteiger partial charge in [0.1, 0.15) is 5.75 Å². The molecule has 0 amide bonds. The Hall–Kier alpha value is -2.86. The van der Waals surface area contributed by atoms with Crippen molar-refractivity contribution in [2.45, 2.75) is 39.0 Å². The van der Waals surface area contributed by atoms with Gasteiger partial charge >= 0.3 is 0 Å². The van der Waals surface area contributed by atoms with E-state index in [2.05, 4.69) is 36.7 Å². The first-order valence-corrected chi connectivity index (χ1v) is 9.88. The van der Waals surface area contributed by atoms with Gasteiger partial charge in [-0.15, -0.1) is 0 Å². The Balaban J connectivity index is 1.60. The highest BCUT2D eigenvalue weighted by molar-refractivity contribution is 5.78. The highest BCUT2D eigenvalue weighted by atomic mass is 16.5. The third-order valence-electron chi connectivity index (χ3n) is 5.06. The van der Waals surface area contributed by atoms with Crippen LogP contribution in [0.25, 0.3) is 11.0 Å². The molecule has 0 aliphatic carbocycles. The number of methoxy groups -OCH3 is 1. The van der Waals surface area contributed by atoms with Crippen molar-refractivity contribution in [2.75, 3.05) is 25.1 Å². The van der Waals surface area contributed by atoms with Gasteiger partial charge in [0.25, 0.3) is 5.56 Å². The first-order valence-electron chi connectivity index (χ1n) is 9.88. The molecule has 3 heterocycles. The summed E-state index contributed by atoms with van der Waals surface area (Å²) in [5.74, 6) is 0.799. The molecular formula is C23H27N3O3. The molecule has 1 aliphatic heterocycles. The molecule has 0 atom stereocenters. The smallest absolute Gasteiger partial charge is 0.251 e. The van der Waals surface area contributed by atoms with Crippen LogP contribution in [0.4, 0.5) is 5.69 Å². The maximum absolute atomic E-state index is 12.6. The summed E-state index contributed by atoms with van der Waals surface area (Å²) >= 11 is 0. The van der Waals surface area contributed by atoms with Crippen LogP contribution in [-0.4, -0.2) is 41.5 Å². The first kappa shape index (κ1) is 19.5. The summed E-state index contributed by atoms with van der Waals surface area (Å²) < 4.78 is 13.0. The molecule has 0 N–H and O–H groups in total. The number of aromatic nitrogens is 2. The summed E-state index contributed by atoms with van der Waals surface area (Å²) in [6, 6.07) is 13.2. The average molecular weight is 393 g/mol. The second-order valence-corrected chi connectivity index (χ2v) is 8.46. The van der Waals surface area contributed by atoms with Crippen LogP contribution in [0, 0.1) is 0 Å². The first-order chi connectivity index (χ1) is 13.8. The lowest BCUT2D eigenvalue weighted by atomic mass is 10.1. The Kier molecular flexibility index (Phi) is 5.04. The van der Waals surface area contributed by atoms with E-state index >= 15 is 0 Å². The maximum atomic E-state index is 12.6. The predicted molar refractivity (Wildman–Crippen MR) is 115 cm³/mol. The molecule has 1 saturated heterocycles. The van der Waals surface area contributed by atoms with Gasteiger partial charge in [-0.05, 0) is 50.6 Å². The van der Waals surface area contributed by atoms with E-state index in [4.69, 9.17) is 9.47 Å². The molecule has 6 nitrogen and oxygen atoms in total. The summed E-state index contributed by atoms with van der Waals surface area (Å²) in [6.07, 6.45) is 2.10. The second kappa shape index (κ2) is 7.52. The predicted octanol–water partition coefficient (Wildman–Crippen LogP) is 3.46. The van der Waals surface area contributed by atoms with Gasteiger partial charge in [0.2, 0.25) is 0 Å². The average Bonchev–Trinajstić information content (AvgIpc) is 2.66. The Morgan fingerprint density at radius 2 is 1.83 bits per heavy atom. The third kappa shape index (κ3) is 4.27. The number of anilines is 1. The van der Waals surface area contributed by atoms with Crippen molar-refractivity contribution in [3.8, 4) is 5.75 Å². The molecular weight excluding hydrogens is 366 g/mol. The molecule has 1 fully saturated rings. The number of fused-ring (bicyclic) bond motifs is 1. The molecule has 6 heteroatoms. The Bertz CT molecular complexity index is 1060. The van der Waals surface area contributed by atoms with Crippen LogP contribution >= 0.6 is 0 Å². The summed E-state index contributed by atoms with van der Waals surface area (Å²) in [5, 5.41) is 0. The molecule has 152 valence electrons. The Morgan fingerprint density at radius 3 is 2.48 bits per heavy atom. The molecule has 3 aromatic rings. The topological polar surface area (TPSA) is 56.6 Å². The van der Waals surface area contributed by atoms with Gasteiger partial charge in [-0.25, -0.2) is 0 Å². The van der Waals surface area contributed by atoms with E-state index < -0.39 is 0 Å². The van der Waals surface area contributed by atoms with E-state index in [1.54, 1.807) is 23.8 Å². The SMILES string of the molecule is COc1ccc(Cn2c(=O)ccc3ncc(N4CC(OC(C)(C)C)C4)cc32)cc1. The molecule has 0 bridgehead atoms. The van der Waals surface area contributed by atoms with Crippen molar-refractivity contribution in [3.63, 3.8) is 0 Å². The van der Waals surface area contributed by atoms with E-state index in [9.17, 15) is 4.79 Å². The van der Waals surface area contributed by atoms with Crippen molar-refractivity contribution in [1.29, 1.82) is 0 Å². The molecule has 4 rings (SSSR count). The Labute approximate surface area is 170 Å². The lowest BCUT2D eigenvalue weighted by Gasteiger charge is -2.43. The van der Waals surface area contributed by atoms with Gasteiger partial charge in [-0.1, -0.05) is 12.1 Å². The van der Waals surface area contributed by atoms with Crippen LogP contribution in [0.15, 0.2) is 53.5 Å². The number of hydrogen-bond donors (Lipinski definition) is 0. The summed E-state index contributed by atoms with van der Waals surface area (Å²) in [6.45, 7) is 8.38. The van der Waals surface area contributed by atoms with Crippen LogP contribution in [0.5, 0.6) is 5.75 Å². The fourth-order valence-corrected chi connectivity index (χ4v) is 3.63. The zero-order valence-corrected chi connectivity index (χ0v) is 17.4. The van der Waals surface area contributed by atoms with Crippen molar-refractivity contribution in [1.82, 2.24) is 9.55 Å². The van der Waals surface area contributed by atoms with Crippen molar-refractivity contribution < 1.29 is 9.47 Å². The zero-order chi connectivity index (χ0) is 20.6. The van der Waals surface area contributed by atoms with Gasteiger partial charge in [-0.3, -0.25) is 9.78 Å². The van der Waals surface area contributed by atoms with Gasteiger partial charge in [0.15, 0.2) is 0 Å². The highest BCUT2D eigenvalue weighted by Gasteiger charge is 2.31. The van der Waals surface area contributed by atoms with E-state index in [0.717, 1.165) is 41.1 Å². The molecule has 29 heavy (non-hydrogen) atoms. The van der Waals surface area contributed by atoms with Gasteiger partial charge in [0, 0.05) is 19.2 Å². The second-order valence-electron chi connectivity index (χ2n) is 8.46. The van der Waals surface area contributed by atoms with Crippen LogP contribution < -0.4 is 15.2 Å². The normalized spacial score (nSPS) is 14.8. The summed E-state index contributed by atoms with van der Waals surface area (Å²) in [4.78, 5) is 19.4. The van der Waals surface area contributed by atoms with E-state index in [0.29, 0.717) is 6.54 Å². The van der Waals surface area contributed by atoms with Crippen LogP contribution in [0.3, 0.4) is 0 Å². The van der Waals surface area contributed by atoms with Gasteiger partial charge in [-0.2, -0.15) is 0 Å². The lowest BCUT2D eigenvalue weighted by molar-refractivity contribution is -0.0701. The number of ether oxygens (including phenoxy) is 2. The molecule has 0 radical (unpaired) electrons. The maximum Gasteiger partial charge on any atom is 0.251 e. The summed E-state index contributed by atoms with van der Waals surface area (Å²) in [7, 11) is 1.64. The highest BCUT2D eigenvalue weighted by Crippen LogP contribution is 2.27. The zero-order valence-electron chi connectivity index (χ0n) is 17.4. The molecule has 1 aromatic carbocycles. The Morgan fingerprint density at radius 1 is 1.10 bits per heavy atom. The van der Waals surface area contributed by atoms with Gasteiger partial charge < -0.3 is 18.9 Å². The number of rotatable bonds is 5. The fourth-order valence-electron chi connectivity index (χ4n) is 3.63. The van der Waals surface area contributed by atoms with E-state index in [-0.39, 0.29) is 17.3 Å². The fraction of sp³-hybridized carbons (Fsp3) is 0.391. The van der Waals surface area contributed by atoms with Crippen LogP contribution in [0.2, 0.25) is 0 Å². The largest absolute Gasteiger partial charge is 0.497 e. The third-order valence-corrected chi connectivity index (χ3v) is 5.06. The standard InChI is InChI=1S/C23H27N3O3/c1-23(2,3)29-19-14-25(15-19)17-11-21-20(24-12-17)9-10-22(27)26(21)13-16-5-7-18(28-4)8-6-16/h5-12,19H,13-15H2,1-4H3. The molecule has 2 aromatic heterocycles. The minimum Gasteiger partial charge on any atom is -0.497 e. The van der Waals surface area contributed by atoms with Gasteiger partial charge in [0.05, 0.1) is 48.3 Å². The number of hydrogen-bond acceptors (Lipinski definition) is 5. The number of benzene rings is 1. The molecule has 1 aliphatic rings. The molecule has 0 unspecified atom stereocenters. The summed E-state index contributed by atoms with van der Waals surface area (Å²) in [5.41, 5.74) is 3.52. The van der Waals surface area contributed by atoms with E-state index in [1.165, 1.54) is 0 Å². The number of nitrogens with zero attached hydrogens (tertiary/aromatic N) is 3. The molecule has 0 spiro atoms. The van der Waals surface area contributed by atoms with Crippen molar-refractivity contribution >= 4 is 16.7 Å². The van der Waals surface area contributed by atoms with Crippen LogP contribution in [0.1, 0.15) is 26.3 Å². The lowest BCUT2D eigenvalue weighted by Crippen LogP contribution is -2.54. The minimum atomic E-state index is -0.142. The molecule has 0 saturated carbocycles. The monoisotopic (exact) mass is 393 g/mol. The minimum absolute atomic E-state index is 0.0372. The van der Waals surface area contributed by atoms with Crippen molar-refractivity contribution in [3.05, 3.63) is 64.6 Å². The number of pyridine rings is 2. The van der Waals surface area contributed by atoms with Crippen LogP contribution in [-0.2, 0) is 11.3 Å². The quantitative estimate of drug-likeness (QED) is 0.664. The van der Waals surface area contributed by atoms with E-state index in [1.807, 2.05) is 30.5 Å². The van der Waals surface area contributed by atoms with Crippen molar-refractivity contribution in [2.24, 2.45) is 0 Å².